The normalized spacial score (nSPS) is 12.4. The molecule has 0 rings (SSSR count). The maximum Gasteiger partial charge on any atom is 0.0177 e. The van der Waals surface area contributed by atoms with Crippen LogP contribution in [0.15, 0.2) is 36.5 Å². The second-order valence-corrected chi connectivity index (χ2v) is 1.68. The zero-order valence-electron chi connectivity index (χ0n) is 5.80. The Morgan fingerprint density at radius 1 is 1.67 bits per heavy atom. The van der Waals surface area contributed by atoms with Crippen LogP contribution in [-0.4, -0.2) is 6.54 Å². The average molecular weight is 123 g/mol. The third-order valence-electron chi connectivity index (χ3n) is 1.00. The van der Waals surface area contributed by atoms with Crippen molar-refractivity contribution in [3.05, 3.63) is 36.5 Å². The Labute approximate surface area is 56.6 Å². The zero-order valence-corrected chi connectivity index (χ0v) is 5.80. The minimum atomic E-state index is 0.563. The Bertz CT molecular complexity index is 132. The lowest BCUT2D eigenvalue weighted by molar-refractivity contribution is 1.19. The van der Waals surface area contributed by atoms with Gasteiger partial charge in [-0.3, -0.25) is 0 Å². The van der Waals surface area contributed by atoms with Crippen molar-refractivity contribution in [1.29, 1.82) is 0 Å². The molecule has 0 radical (unpaired) electrons. The summed E-state index contributed by atoms with van der Waals surface area (Å²) in [6.07, 6.45) is 7.62. The summed E-state index contributed by atoms with van der Waals surface area (Å²) in [6, 6.07) is 0. The van der Waals surface area contributed by atoms with Gasteiger partial charge in [-0.05, 0) is 12.5 Å². The molecule has 0 unspecified atom stereocenters. The topological polar surface area (TPSA) is 26.0 Å². The van der Waals surface area contributed by atoms with Gasteiger partial charge in [-0.2, -0.15) is 0 Å². The molecule has 0 fully saturated rings. The summed E-state index contributed by atoms with van der Waals surface area (Å²) in [5, 5.41) is 0. The molecule has 50 valence electrons. The Morgan fingerprint density at radius 3 is 2.67 bits per heavy atom. The predicted molar refractivity (Wildman–Crippen MR) is 42.1 cm³/mol. The first kappa shape index (κ1) is 8.18. The van der Waals surface area contributed by atoms with E-state index in [0.29, 0.717) is 6.54 Å². The Hall–Kier alpha value is -0.820. The van der Waals surface area contributed by atoms with Gasteiger partial charge in [0.05, 0.1) is 0 Å². The van der Waals surface area contributed by atoms with Gasteiger partial charge in [0.25, 0.3) is 0 Å². The van der Waals surface area contributed by atoms with Crippen molar-refractivity contribution in [2.45, 2.75) is 6.92 Å². The molecular weight excluding hydrogens is 110 g/mol. The molecule has 0 aliphatic carbocycles. The second-order valence-electron chi connectivity index (χ2n) is 1.68. The lowest BCUT2D eigenvalue weighted by Gasteiger charge is -1.90. The molecule has 0 saturated carbocycles. The fourth-order valence-electron chi connectivity index (χ4n) is 0.439. The van der Waals surface area contributed by atoms with Gasteiger partial charge in [0.15, 0.2) is 0 Å². The third-order valence-corrected chi connectivity index (χ3v) is 1.00. The largest absolute Gasteiger partial charge is 0.326 e. The van der Waals surface area contributed by atoms with Gasteiger partial charge < -0.3 is 5.73 Å². The van der Waals surface area contributed by atoms with Gasteiger partial charge in [0.1, 0.15) is 0 Å². The van der Waals surface area contributed by atoms with E-state index in [1.807, 2.05) is 25.2 Å². The van der Waals surface area contributed by atoms with E-state index < -0.39 is 0 Å². The third kappa shape index (κ3) is 3.74. The summed E-state index contributed by atoms with van der Waals surface area (Å²) < 4.78 is 0. The second kappa shape index (κ2) is 5.32. The van der Waals surface area contributed by atoms with Crippen molar-refractivity contribution >= 4 is 0 Å². The lowest BCUT2D eigenvalue weighted by Crippen LogP contribution is -1.99. The van der Waals surface area contributed by atoms with Gasteiger partial charge in [-0.25, -0.2) is 0 Å². The number of hydrogen-bond donors (Lipinski definition) is 1. The summed E-state index contributed by atoms with van der Waals surface area (Å²) >= 11 is 0. The molecule has 0 heterocycles. The standard InChI is InChI=1S/C8H13N/c1-3-5-6-8(4-2)7-9/h3-6H,2,7,9H2,1H3. The van der Waals surface area contributed by atoms with E-state index in [4.69, 9.17) is 5.73 Å². The van der Waals surface area contributed by atoms with E-state index >= 15 is 0 Å². The first-order chi connectivity index (χ1) is 4.35. The summed E-state index contributed by atoms with van der Waals surface area (Å²) in [6.45, 7) is 6.13. The van der Waals surface area contributed by atoms with Gasteiger partial charge in [0.2, 0.25) is 0 Å². The number of nitrogens with two attached hydrogens (primary N) is 1. The minimum Gasteiger partial charge on any atom is -0.326 e. The molecular formula is C8H13N. The lowest BCUT2D eigenvalue weighted by atomic mass is 10.2. The molecule has 2 N–H and O–H groups in total. The fourth-order valence-corrected chi connectivity index (χ4v) is 0.439. The molecule has 1 nitrogen and oxygen atoms in total. The van der Waals surface area contributed by atoms with Crippen LogP contribution in [0.25, 0.3) is 0 Å². The maximum absolute atomic E-state index is 5.35. The number of rotatable bonds is 3. The molecule has 0 atom stereocenters. The molecule has 0 aliphatic rings. The van der Waals surface area contributed by atoms with E-state index in [9.17, 15) is 0 Å². The first-order valence-electron chi connectivity index (χ1n) is 2.99. The highest BCUT2D eigenvalue weighted by molar-refractivity contribution is 5.22. The molecule has 0 saturated heterocycles. The van der Waals surface area contributed by atoms with Crippen molar-refractivity contribution < 1.29 is 0 Å². The summed E-state index contributed by atoms with van der Waals surface area (Å²) in [7, 11) is 0. The molecule has 0 aromatic carbocycles. The van der Waals surface area contributed by atoms with Gasteiger partial charge >= 0.3 is 0 Å². The Balaban J connectivity index is 3.90. The summed E-state index contributed by atoms with van der Waals surface area (Å²) in [5.74, 6) is 0. The van der Waals surface area contributed by atoms with Crippen LogP contribution in [0.5, 0.6) is 0 Å². The van der Waals surface area contributed by atoms with Crippen LogP contribution in [-0.2, 0) is 0 Å². The molecule has 0 spiro atoms. The van der Waals surface area contributed by atoms with Crippen LogP contribution in [0.1, 0.15) is 6.92 Å². The van der Waals surface area contributed by atoms with Crippen molar-refractivity contribution in [3.8, 4) is 0 Å². The van der Waals surface area contributed by atoms with E-state index in [-0.39, 0.29) is 0 Å². The van der Waals surface area contributed by atoms with Crippen LogP contribution in [0, 0.1) is 0 Å². The van der Waals surface area contributed by atoms with Crippen LogP contribution in [0.3, 0.4) is 0 Å². The van der Waals surface area contributed by atoms with Crippen molar-refractivity contribution in [1.82, 2.24) is 0 Å². The smallest absolute Gasteiger partial charge is 0.0177 e. The van der Waals surface area contributed by atoms with Crippen LogP contribution in [0.2, 0.25) is 0 Å². The molecule has 9 heavy (non-hydrogen) atoms. The predicted octanol–water partition coefficient (Wildman–Crippen LogP) is 1.63. The molecule has 1 heteroatoms. The van der Waals surface area contributed by atoms with E-state index in [1.165, 1.54) is 0 Å². The fraction of sp³-hybridized carbons (Fsp3) is 0.250. The molecule has 0 aromatic rings. The number of allylic oxidation sites excluding steroid dienone is 3. The highest BCUT2D eigenvalue weighted by Crippen LogP contribution is 1.91. The van der Waals surface area contributed by atoms with Crippen LogP contribution in [0.4, 0.5) is 0 Å². The first-order valence-corrected chi connectivity index (χ1v) is 2.99. The van der Waals surface area contributed by atoms with Crippen LogP contribution < -0.4 is 5.73 Å². The monoisotopic (exact) mass is 123 g/mol. The SMILES string of the molecule is C=CC(=CC=CC)CN. The summed E-state index contributed by atoms with van der Waals surface area (Å²) in [4.78, 5) is 0. The molecule has 0 bridgehead atoms. The van der Waals surface area contributed by atoms with E-state index in [2.05, 4.69) is 6.58 Å². The van der Waals surface area contributed by atoms with Crippen molar-refractivity contribution in [3.63, 3.8) is 0 Å². The highest BCUT2D eigenvalue weighted by Gasteiger charge is 1.79. The minimum absolute atomic E-state index is 0.563. The van der Waals surface area contributed by atoms with Gasteiger partial charge in [-0.15, -0.1) is 0 Å². The molecule has 0 aliphatic heterocycles. The number of hydrogen-bond acceptors (Lipinski definition) is 1. The van der Waals surface area contributed by atoms with E-state index in [1.54, 1.807) is 6.08 Å². The van der Waals surface area contributed by atoms with Gasteiger partial charge in [0, 0.05) is 6.54 Å². The highest BCUT2D eigenvalue weighted by atomic mass is 14.5. The Morgan fingerprint density at radius 2 is 2.33 bits per heavy atom. The Kier molecular flexibility index (Phi) is 4.83. The van der Waals surface area contributed by atoms with E-state index in [0.717, 1.165) is 5.57 Å². The summed E-state index contributed by atoms with van der Waals surface area (Å²) in [5.41, 5.74) is 6.41. The maximum atomic E-state index is 5.35. The molecule has 0 aromatic heterocycles. The van der Waals surface area contributed by atoms with Crippen molar-refractivity contribution in [2.75, 3.05) is 6.54 Å². The van der Waals surface area contributed by atoms with Gasteiger partial charge in [-0.1, -0.05) is 30.9 Å². The van der Waals surface area contributed by atoms with Crippen molar-refractivity contribution in [2.24, 2.45) is 5.73 Å². The quantitative estimate of drug-likeness (QED) is 0.567. The van der Waals surface area contributed by atoms with Crippen LogP contribution >= 0.6 is 0 Å². The zero-order chi connectivity index (χ0) is 7.11. The average Bonchev–Trinajstić information content (AvgIpc) is 1.91. The molecule has 0 amide bonds.